The Morgan fingerprint density at radius 2 is 1.78 bits per heavy atom. The number of carbonyl (C=O) groups excluding carboxylic acids is 1. The Hall–Kier alpha value is -3.00. The van der Waals surface area contributed by atoms with E-state index in [0.29, 0.717) is 61.8 Å². The number of methoxy groups -OCH3 is 2. The molecule has 36 heavy (non-hydrogen) atoms. The highest BCUT2D eigenvalue weighted by Crippen LogP contribution is 2.45. The molecule has 0 bridgehead atoms. The van der Waals surface area contributed by atoms with Crippen LogP contribution in [-0.4, -0.2) is 46.3 Å². The fraction of sp³-hybridized carbons (Fsp3) is 0.269. The van der Waals surface area contributed by atoms with Crippen molar-refractivity contribution in [3.8, 4) is 11.5 Å². The van der Waals surface area contributed by atoms with E-state index in [1.807, 2.05) is 31.2 Å². The molecule has 186 valence electrons. The number of rotatable bonds is 4. The van der Waals surface area contributed by atoms with Crippen molar-refractivity contribution < 1.29 is 14.3 Å². The van der Waals surface area contributed by atoms with Crippen LogP contribution in [-0.2, 0) is 13.5 Å². The second-order valence-electron chi connectivity index (χ2n) is 8.65. The molecule has 1 unspecified atom stereocenters. The van der Waals surface area contributed by atoms with Crippen LogP contribution >= 0.6 is 34.8 Å². The molecule has 0 N–H and O–H groups in total. The Morgan fingerprint density at radius 3 is 2.44 bits per heavy atom. The summed E-state index contributed by atoms with van der Waals surface area (Å²) in [4.78, 5) is 20.4. The maximum Gasteiger partial charge on any atom is 0.257 e. The molecule has 1 atom stereocenters. The average Bonchev–Trinajstić information content (AvgIpc) is 3.15. The first kappa shape index (κ1) is 24.7. The summed E-state index contributed by atoms with van der Waals surface area (Å²) >= 11 is 19.6. The highest BCUT2D eigenvalue weighted by atomic mass is 35.5. The molecule has 0 spiro atoms. The molecule has 2 aromatic heterocycles. The zero-order valence-corrected chi connectivity index (χ0v) is 22.4. The van der Waals surface area contributed by atoms with Crippen molar-refractivity contribution in [2.24, 2.45) is 7.05 Å². The zero-order chi connectivity index (χ0) is 25.7. The number of halogens is 3. The molecule has 1 amide bonds. The molecular formula is C26H23Cl3N4O3. The van der Waals surface area contributed by atoms with Crippen LogP contribution < -0.4 is 9.47 Å². The van der Waals surface area contributed by atoms with E-state index >= 15 is 0 Å². The first-order valence-corrected chi connectivity index (χ1v) is 12.4. The first-order valence-electron chi connectivity index (χ1n) is 11.2. The van der Waals surface area contributed by atoms with Crippen molar-refractivity contribution in [2.75, 3.05) is 20.8 Å². The van der Waals surface area contributed by atoms with Crippen LogP contribution in [0.2, 0.25) is 15.1 Å². The molecule has 0 aliphatic carbocycles. The monoisotopic (exact) mass is 544 g/mol. The summed E-state index contributed by atoms with van der Waals surface area (Å²) in [5.74, 6) is 1.02. The number of hydrogen-bond donors (Lipinski definition) is 0. The van der Waals surface area contributed by atoms with E-state index in [1.165, 1.54) is 6.20 Å². The SMILES string of the molecule is COc1cc2c(c(OC)c1)C(c1cc(Cl)cc(Cl)c1)N(C(=O)c1cnc3c(c(C)nn3C)c1Cl)CC2. The molecule has 0 saturated heterocycles. The number of nitrogens with zero attached hydrogens (tertiary/aromatic N) is 4. The van der Waals surface area contributed by atoms with Gasteiger partial charge < -0.3 is 14.4 Å². The third kappa shape index (κ3) is 4.05. The van der Waals surface area contributed by atoms with Crippen molar-refractivity contribution in [1.82, 2.24) is 19.7 Å². The van der Waals surface area contributed by atoms with Gasteiger partial charge in [0.15, 0.2) is 5.65 Å². The summed E-state index contributed by atoms with van der Waals surface area (Å²) in [5, 5.41) is 6.32. The number of ether oxygens (including phenoxy) is 2. The molecule has 5 rings (SSSR count). The molecule has 3 heterocycles. The van der Waals surface area contributed by atoms with Gasteiger partial charge in [0.2, 0.25) is 0 Å². The van der Waals surface area contributed by atoms with Gasteiger partial charge in [0, 0.05) is 41.5 Å². The molecule has 10 heteroatoms. The second-order valence-corrected chi connectivity index (χ2v) is 9.90. The van der Waals surface area contributed by atoms with Crippen LogP contribution in [0.1, 0.15) is 38.8 Å². The number of benzene rings is 2. The maximum absolute atomic E-state index is 14.1. The van der Waals surface area contributed by atoms with Crippen molar-refractivity contribution in [2.45, 2.75) is 19.4 Å². The topological polar surface area (TPSA) is 69.5 Å². The van der Waals surface area contributed by atoms with Gasteiger partial charge in [-0.3, -0.25) is 9.48 Å². The minimum Gasteiger partial charge on any atom is -0.497 e. The van der Waals surface area contributed by atoms with E-state index in [0.717, 1.165) is 16.7 Å². The maximum atomic E-state index is 14.1. The smallest absolute Gasteiger partial charge is 0.257 e. The van der Waals surface area contributed by atoms with E-state index in [2.05, 4.69) is 10.1 Å². The summed E-state index contributed by atoms with van der Waals surface area (Å²) in [7, 11) is 5.00. The van der Waals surface area contributed by atoms with Crippen molar-refractivity contribution in [3.05, 3.63) is 79.5 Å². The molecular weight excluding hydrogens is 523 g/mol. The third-order valence-corrected chi connectivity index (χ3v) is 7.35. The number of amides is 1. The van der Waals surface area contributed by atoms with E-state index in [1.54, 1.807) is 36.9 Å². The van der Waals surface area contributed by atoms with Gasteiger partial charge in [-0.2, -0.15) is 5.10 Å². The van der Waals surface area contributed by atoms with Gasteiger partial charge in [0.1, 0.15) is 11.5 Å². The lowest BCUT2D eigenvalue weighted by Gasteiger charge is -2.39. The van der Waals surface area contributed by atoms with Crippen molar-refractivity contribution in [1.29, 1.82) is 0 Å². The van der Waals surface area contributed by atoms with Crippen LogP contribution in [0.5, 0.6) is 11.5 Å². The van der Waals surface area contributed by atoms with Gasteiger partial charge in [0.25, 0.3) is 5.91 Å². The summed E-state index contributed by atoms with van der Waals surface area (Å²) in [6.45, 7) is 2.27. The predicted molar refractivity (Wildman–Crippen MR) is 141 cm³/mol. The normalized spacial score (nSPS) is 15.2. The molecule has 1 aliphatic heterocycles. The third-order valence-electron chi connectivity index (χ3n) is 6.52. The summed E-state index contributed by atoms with van der Waals surface area (Å²) in [5.41, 5.74) is 4.24. The summed E-state index contributed by atoms with van der Waals surface area (Å²) in [6.07, 6.45) is 2.11. The molecule has 0 saturated carbocycles. The fourth-order valence-corrected chi connectivity index (χ4v) is 5.85. The van der Waals surface area contributed by atoms with Crippen molar-refractivity contribution in [3.63, 3.8) is 0 Å². The van der Waals surface area contributed by atoms with Crippen LogP contribution in [0.3, 0.4) is 0 Å². The van der Waals surface area contributed by atoms with E-state index < -0.39 is 6.04 Å². The molecule has 0 fully saturated rings. The van der Waals surface area contributed by atoms with E-state index in [4.69, 9.17) is 44.3 Å². The number of fused-ring (bicyclic) bond motifs is 2. The van der Waals surface area contributed by atoms with Crippen LogP contribution in [0.25, 0.3) is 11.0 Å². The number of pyridine rings is 1. The molecule has 1 aliphatic rings. The Bertz CT molecular complexity index is 1480. The molecule has 2 aromatic carbocycles. The van der Waals surface area contributed by atoms with Crippen LogP contribution in [0, 0.1) is 6.92 Å². The van der Waals surface area contributed by atoms with Gasteiger partial charge in [0.05, 0.1) is 41.9 Å². The van der Waals surface area contributed by atoms with E-state index in [9.17, 15) is 4.79 Å². The first-order chi connectivity index (χ1) is 17.2. The van der Waals surface area contributed by atoms with Crippen LogP contribution in [0.4, 0.5) is 0 Å². The number of aromatic nitrogens is 3. The van der Waals surface area contributed by atoms with Gasteiger partial charge in [-0.05, 0) is 48.7 Å². The van der Waals surface area contributed by atoms with Crippen molar-refractivity contribution >= 4 is 51.7 Å². The lowest BCUT2D eigenvalue weighted by Crippen LogP contribution is -2.41. The average molecular weight is 546 g/mol. The fourth-order valence-electron chi connectivity index (χ4n) is 4.96. The summed E-state index contributed by atoms with van der Waals surface area (Å²) in [6, 6.07) is 8.54. The standard InChI is InChI=1S/C26H23Cl3N4O3/c1-13-21-23(29)19(12-30-25(21)32(2)31-13)26(34)33-6-5-14-9-18(35-3)11-20(36-4)22(14)24(33)15-7-16(27)10-17(28)8-15/h7-12,24H,5-6H2,1-4H3. The lowest BCUT2D eigenvalue weighted by atomic mass is 9.86. The predicted octanol–water partition coefficient (Wildman–Crippen LogP) is 6.04. The Labute approximate surface area is 223 Å². The van der Waals surface area contributed by atoms with Gasteiger partial charge in [-0.25, -0.2) is 4.98 Å². The number of aryl methyl sites for hydroxylation is 2. The molecule has 0 radical (unpaired) electrons. The van der Waals surface area contributed by atoms with Crippen LogP contribution in [0.15, 0.2) is 36.5 Å². The minimum atomic E-state index is -0.528. The lowest BCUT2D eigenvalue weighted by molar-refractivity contribution is 0.0692. The van der Waals surface area contributed by atoms with Gasteiger partial charge in [-0.1, -0.05) is 34.8 Å². The van der Waals surface area contributed by atoms with Gasteiger partial charge >= 0.3 is 0 Å². The Balaban J connectivity index is 1.71. The largest absolute Gasteiger partial charge is 0.497 e. The Kier molecular flexibility index (Phi) is 6.49. The number of carbonyl (C=O) groups is 1. The minimum absolute atomic E-state index is 0.262. The summed E-state index contributed by atoms with van der Waals surface area (Å²) < 4.78 is 12.9. The highest BCUT2D eigenvalue weighted by Gasteiger charge is 2.37. The quantitative estimate of drug-likeness (QED) is 0.313. The second kappa shape index (κ2) is 9.47. The zero-order valence-electron chi connectivity index (χ0n) is 20.1. The highest BCUT2D eigenvalue weighted by molar-refractivity contribution is 6.38. The Morgan fingerprint density at radius 1 is 1.06 bits per heavy atom. The number of hydrogen-bond acceptors (Lipinski definition) is 5. The molecule has 7 nitrogen and oxygen atoms in total. The molecule has 4 aromatic rings. The van der Waals surface area contributed by atoms with E-state index in [-0.39, 0.29) is 5.91 Å². The van der Waals surface area contributed by atoms with Gasteiger partial charge in [-0.15, -0.1) is 0 Å².